The molecule has 1 N–H and O–H groups in total. The fourth-order valence-corrected chi connectivity index (χ4v) is 1.56. The van der Waals surface area contributed by atoms with Crippen molar-refractivity contribution in [2.45, 2.75) is 19.9 Å². The summed E-state index contributed by atoms with van der Waals surface area (Å²) >= 11 is 0. The predicted octanol–water partition coefficient (Wildman–Crippen LogP) is 1.98. The average Bonchev–Trinajstić information content (AvgIpc) is 2.76. The molecule has 0 fully saturated rings. The van der Waals surface area contributed by atoms with E-state index < -0.39 is 0 Å². The Morgan fingerprint density at radius 2 is 2.22 bits per heavy atom. The minimum absolute atomic E-state index is 0.0174. The van der Waals surface area contributed by atoms with Crippen LogP contribution >= 0.6 is 0 Å². The van der Waals surface area contributed by atoms with Crippen molar-refractivity contribution in [2.24, 2.45) is 0 Å². The smallest absolute Gasteiger partial charge is 0.224 e. The number of carbonyl (C=O) groups excluding carboxylic acids is 1. The number of amides is 1. The summed E-state index contributed by atoms with van der Waals surface area (Å²) in [5.41, 5.74) is 1.03. The number of oxazole rings is 1. The second-order valence-electron chi connectivity index (χ2n) is 3.90. The van der Waals surface area contributed by atoms with E-state index in [9.17, 15) is 9.18 Å². The number of benzene rings is 1. The number of carbonyl (C=O) groups is 1. The fourth-order valence-electron chi connectivity index (χ4n) is 1.56. The van der Waals surface area contributed by atoms with Gasteiger partial charge in [-0.3, -0.25) is 4.79 Å². The molecular weight excluding hydrogens is 235 g/mol. The minimum atomic E-state index is -0.370. The van der Waals surface area contributed by atoms with Crippen LogP contribution in [-0.2, 0) is 17.8 Å². The highest BCUT2D eigenvalue weighted by molar-refractivity contribution is 5.78. The molecule has 0 bridgehead atoms. The summed E-state index contributed by atoms with van der Waals surface area (Å²) in [6.45, 7) is 2.01. The second-order valence-corrected chi connectivity index (χ2v) is 3.90. The highest BCUT2D eigenvalue weighted by Crippen LogP contribution is 2.07. The number of hydrogen-bond donors (Lipinski definition) is 1. The van der Waals surface area contributed by atoms with E-state index in [4.69, 9.17) is 4.42 Å². The first-order chi connectivity index (χ1) is 8.65. The van der Waals surface area contributed by atoms with Crippen molar-refractivity contribution in [1.82, 2.24) is 10.3 Å². The van der Waals surface area contributed by atoms with Crippen LogP contribution in [0.2, 0.25) is 0 Å². The van der Waals surface area contributed by atoms with Crippen molar-refractivity contribution in [3.63, 3.8) is 0 Å². The quantitative estimate of drug-likeness (QED) is 0.900. The molecule has 4 nitrogen and oxygen atoms in total. The molecule has 0 atom stereocenters. The van der Waals surface area contributed by atoms with Gasteiger partial charge in [0.2, 0.25) is 5.91 Å². The summed E-state index contributed by atoms with van der Waals surface area (Å²) in [6.07, 6.45) is 1.50. The van der Waals surface area contributed by atoms with Gasteiger partial charge in [0.25, 0.3) is 0 Å². The van der Waals surface area contributed by atoms with Crippen LogP contribution in [0.3, 0.4) is 0 Å². The molecule has 1 amide bonds. The van der Waals surface area contributed by atoms with Crippen LogP contribution in [0, 0.1) is 12.7 Å². The van der Waals surface area contributed by atoms with Crippen LogP contribution in [0.5, 0.6) is 0 Å². The molecule has 5 heteroatoms. The molecule has 0 aliphatic heterocycles. The van der Waals surface area contributed by atoms with Gasteiger partial charge in [0.1, 0.15) is 12.1 Å². The molecule has 0 radical (unpaired) electrons. The molecular formula is C13H13FN2O2. The Morgan fingerprint density at radius 1 is 1.44 bits per heavy atom. The number of halogens is 1. The third kappa shape index (κ3) is 3.16. The normalized spacial score (nSPS) is 10.3. The molecule has 0 saturated carbocycles. The molecule has 0 aliphatic rings. The van der Waals surface area contributed by atoms with E-state index in [0.717, 1.165) is 0 Å². The number of aryl methyl sites for hydroxylation is 1. The largest absolute Gasteiger partial charge is 0.449 e. The number of nitrogens with zero attached hydrogens (tertiary/aromatic N) is 1. The number of hydrogen-bond acceptors (Lipinski definition) is 3. The molecule has 94 valence electrons. The van der Waals surface area contributed by atoms with Crippen molar-refractivity contribution in [3.05, 3.63) is 53.5 Å². The van der Waals surface area contributed by atoms with Gasteiger partial charge in [-0.2, -0.15) is 0 Å². The zero-order chi connectivity index (χ0) is 13.0. The molecule has 0 saturated heterocycles. The molecule has 1 aromatic carbocycles. The molecule has 18 heavy (non-hydrogen) atoms. The van der Waals surface area contributed by atoms with Crippen molar-refractivity contribution >= 4 is 5.91 Å². The Bertz CT molecular complexity index is 551. The first-order valence-electron chi connectivity index (χ1n) is 5.56. The summed E-state index contributed by atoms with van der Waals surface area (Å²) in [6, 6.07) is 6.22. The SMILES string of the molecule is Cc1nc(CNC(=O)Cc2ccccc2F)co1. The van der Waals surface area contributed by atoms with Crippen LogP contribution in [0.1, 0.15) is 17.1 Å². The molecule has 0 spiro atoms. The summed E-state index contributed by atoms with van der Waals surface area (Å²) < 4.78 is 18.3. The Labute approximate surface area is 104 Å². The lowest BCUT2D eigenvalue weighted by Crippen LogP contribution is -2.25. The molecule has 2 aromatic rings. The van der Waals surface area contributed by atoms with Crippen LogP contribution in [0.4, 0.5) is 4.39 Å². The third-order valence-electron chi connectivity index (χ3n) is 2.44. The highest BCUT2D eigenvalue weighted by atomic mass is 19.1. The van der Waals surface area contributed by atoms with E-state index >= 15 is 0 Å². The van der Waals surface area contributed by atoms with E-state index in [1.165, 1.54) is 12.3 Å². The summed E-state index contributed by atoms with van der Waals surface area (Å²) in [5.74, 6) is -0.0703. The van der Waals surface area contributed by atoms with E-state index in [0.29, 0.717) is 17.1 Å². The monoisotopic (exact) mass is 248 g/mol. The summed E-state index contributed by atoms with van der Waals surface area (Å²) in [5, 5.41) is 2.66. The summed E-state index contributed by atoms with van der Waals surface area (Å²) in [4.78, 5) is 15.7. The maximum atomic E-state index is 13.3. The van der Waals surface area contributed by atoms with E-state index in [2.05, 4.69) is 10.3 Å². The lowest BCUT2D eigenvalue weighted by molar-refractivity contribution is -0.120. The van der Waals surface area contributed by atoms with E-state index in [1.54, 1.807) is 25.1 Å². The van der Waals surface area contributed by atoms with E-state index in [-0.39, 0.29) is 24.7 Å². The van der Waals surface area contributed by atoms with Gasteiger partial charge in [0.05, 0.1) is 18.7 Å². The lowest BCUT2D eigenvalue weighted by atomic mass is 10.1. The standard InChI is InChI=1S/C13H13FN2O2/c1-9-16-11(8-18-9)7-15-13(17)6-10-4-2-3-5-12(10)14/h2-5,8H,6-7H2,1H3,(H,15,17). The molecule has 1 aromatic heterocycles. The van der Waals surface area contributed by atoms with Gasteiger partial charge in [-0.05, 0) is 11.6 Å². The third-order valence-corrected chi connectivity index (χ3v) is 2.44. The average molecular weight is 248 g/mol. The molecule has 0 aliphatic carbocycles. The van der Waals surface area contributed by atoms with Crippen molar-refractivity contribution in [2.75, 3.05) is 0 Å². The Kier molecular flexibility index (Phi) is 3.72. The first-order valence-corrected chi connectivity index (χ1v) is 5.56. The van der Waals surface area contributed by atoms with Gasteiger partial charge in [0, 0.05) is 6.92 Å². The highest BCUT2D eigenvalue weighted by Gasteiger charge is 2.08. The zero-order valence-corrected chi connectivity index (χ0v) is 9.94. The van der Waals surface area contributed by atoms with Gasteiger partial charge in [-0.1, -0.05) is 18.2 Å². The van der Waals surface area contributed by atoms with Crippen LogP contribution in [0.15, 0.2) is 34.9 Å². The number of aromatic nitrogens is 1. The maximum absolute atomic E-state index is 13.3. The summed E-state index contributed by atoms with van der Waals surface area (Å²) in [7, 11) is 0. The number of nitrogens with one attached hydrogen (secondary N) is 1. The molecule has 2 rings (SSSR count). The van der Waals surface area contributed by atoms with Crippen LogP contribution < -0.4 is 5.32 Å². The van der Waals surface area contributed by atoms with Gasteiger partial charge < -0.3 is 9.73 Å². The van der Waals surface area contributed by atoms with Gasteiger partial charge in [-0.15, -0.1) is 0 Å². The topological polar surface area (TPSA) is 55.1 Å². The fraction of sp³-hybridized carbons (Fsp3) is 0.231. The van der Waals surface area contributed by atoms with Crippen LogP contribution in [-0.4, -0.2) is 10.9 Å². The minimum Gasteiger partial charge on any atom is -0.449 e. The maximum Gasteiger partial charge on any atom is 0.224 e. The second kappa shape index (κ2) is 5.44. The lowest BCUT2D eigenvalue weighted by Gasteiger charge is -2.04. The molecule has 1 heterocycles. The van der Waals surface area contributed by atoms with Crippen molar-refractivity contribution in [3.8, 4) is 0 Å². The predicted molar refractivity (Wildman–Crippen MR) is 63.2 cm³/mol. The van der Waals surface area contributed by atoms with Gasteiger partial charge in [0.15, 0.2) is 5.89 Å². The van der Waals surface area contributed by atoms with Gasteiger partial charge >= 0.3 is 0 Å². The van der Waals surface area contributed by atoms with Crippen LogP contribution in [0.25, 0.3) is 0 Å². The Hall–Kier alpha value is -2.17. The zero-order valence-electron chi connectivity index (χ0n) is 9.94. The number of rotatable bonds is 4. The Morgan fingerprint density at radius 3 is 2.89 bits per heavy atom. The van der Waals surface area contributed by atoms with E-state index in [1.807, 2.05) is 0 Å². The molecule has 0 unspecified atom stereocenters. The van der Waals surface area contributed by atoms with Crippen molar-refractivity contribution in [1.29, 1.82) is 0 Å². The first kappa shape index (κ1) is 12.3. The van der Waals surface area contributed by atoms with Crippen molar-refractivity contribution < 1.29 is 13.6 Å². The van der Waals surface area contributed by atoms with Gasteiger partial charge in [-0.25, -0.2) is 9.37 Å². The Balaban J connectivity index is 1.88.